The zero-order valence-corrected chi connectivity index (χ0v) is 13.7. The van der Waals surface area contributed by atoms with Crippen LogP contribution in [0.5, 0.6) is 0 Å². The third kappa shape index (κ3) is 4.76. The van der Waals surface area contributed by atoms with E-state index in [0.717, 1.165) is 5.56 Å². The summed E-state index contributed by atoms with van der Waals surface area (Å²) >= 11 is 0. The van der Waals surface area contributed by atoms with E-state index in [-0.39, 0.29) is 24.1 Å². The Hall–Kier alpha value is -0.990. The molecule has 0 fully saturated rings. The summed E-state index contributed by atoms with van der Waals surface area (Å²) in [6.45, 7) is 3.36. The summed E-state index contributed by atoms with van der Waals surface area (Å²) < 4.78 is 25.1. The van der Waals surface area contributed by atoms with Crippen LogP contribution in [0.25, 0.3) is 0 Å². The van der Waals surface area contributed by atoms with Crippen molar-refractivity contribution < 1.29 is 18.6 Å². The smallest absolute Gasteiger partial charge is 0.242 e. The minimum Gasteiger partial charge on any atom is -0.393 e. The fourth-order valence-electron chi connectivity index (χ4n) is 1.69. The van der Waals surface area contributed by atoms with E-state index < -0.39 is 15.6 Å². The monoisotopic (exact) mass is 316 g/mol. The molecule has 1 rings (SSSR count). The lowest BCUT2D eigenvalue weighted by molar-refractivity contribution is 0.00106. The van der Waals surface area contributed by atoms with Crippen LogP contribution < -0.4 is 5.32 Å². The maximum absolute atomic E-state index is 12.0. The van der Waals surface area contributed by atoms with Crippen LogP contribution in [0.1, 0.15) is 25.5 Å². The summed E-state index contributed by atoms with van der Waals surface area (Å²) in [4.78, 5) is 0.241. The molecule has 0 aliphatic carbocycles. The molecule has 0 aliphatic rings. The third-order valence-electron chi connectivity index (χ3n) is 3.29. The largest absolute Gasteiger partial charge is 0.393 e. The summed E-state index contributed by atoms with van der Waals surface area (Å²) in [5.74, 6) is 0. The van der Waals surface area contributed by atoms with Crippen molar-refractivity contribution in [3.63, 3.8) is 0 Å². The van der Waals surface area contributed by atoms with Crippen LogP contribution >= 0.6 is 0 Å². The molecule has 0 saturated heterocycles. The number of sulfonamides is 1. The molecule has 1 aromatic rings. The molecule has 0 aromatic heterocycles. The van der Waals surface area contributed by atoms with Gasteiger partial charge in [-0.3, -0.25) is 0 Å². The number of rotatable bonds is 7. The van der Waals surface area contributed by atoms with Gasteiger partial charge in [0.25, 0.3) is 0 Å². The van der Waals surface area contributed by atoms with Gasteiger partial charge in [-0.2, -0.15) is 0 Å². The van der Waals surface area contributed by atoms with E-state index in [1.54, 1.807) is 31.2 Å². The Bertz CT molecular complexity index is 553. The van der Waals surface area contributed by atoms with Crippen molar-refractivity contribution in [3.8, 4) is 0 Å². The second kappa shape index (κ2) is 6.85. The Labute approximate surface area is 126 Å². The first-order chi connectivity index (χ1) is 9.60. The lowest BCUT2D eigenvalue weighted by Crippen LogP contribution is -2.41. The van der Waals surface area contributed by atoms with E-state index in [0.29, 0.717) is 0 Å². The van der Waals surface area contributed by atoms with Gasteiger partial charge in [-0.1, -0.05) is 12.1 Å². The van der Waals surface area contributed by atoms with Gasteiger partial charge in [0, 0.05) is 26.7 Å². The fourth-order valence-corrected chi connectivity index (χ4v) is 2.59. The molecule has 21 heavy (non-hydrogen) atoms. The SMILES string of the molecule is CC(NCC(C)(O)CO)c1ccc(S(=O)(=O)N(C)C)cc1. The van der Waals surface area contributed by atoms with Crippen LogP contribution in [-0.4, -0.2) is 55.8 Å². The van der Waals surface area contributed by atoms with Gasteiger partial charge in [0.1, 0.15) is 0 Å². The van der Waals surface area contributed by atoms with Crippen molar-refractivity contribution in [1.29, 1.82) is 0 Å². The van der Waals surface area contributed by atoms with E-state index in [1.807, 2.05) is 6.92 Å². The van der Waals surface area contributed by atoms with Gasteiger partial charge in [0.05, 0.1) is 17.1 Å². The zero-order valence-electron chi connectivity index (χ0n) is 12.9. The first kappa shape index (κ1) is 18.1. The minimum atomic E-state index is -3.42. The molecule has 2 atom stereocenters. The van der Waals surface area contributed by atoms with Crippen molar-refractivity contribution in [2.45, 2.75) is 30.4 Å². The Morgan fingerprint density at radius 2 is 1.81 bits per heavy atom. The van der Waals surface area contributed by atoms with Gasteiger partial charge in [0.2, 0.25) is 10.0 Å². The molecule has 0 amide bonds. The number of nitrogens with zero attached hydrogens (tertiary/aromatic N) is 1. The number of hydrogen-bond donors (Lipinski definition) is 3. The van der Waals surface area contributed by atoms with Crippen LogP contribution in [0.15, 0.2) is 29.2 Å². The van der Waals surface area contributed by atoms with Gasteiger partial charge in [0.15, 0.2) is 0 Å². The number of aliphatic hydroxyl groups is 2. The maximum atomic E-state index is 12.0. The molecule has 0 radical (unpaired) electrons. The lowest BCUT2D eigenvalue weighted by atomic mass is 10.1. The van der Waals surface area contributed by atoms with Crippen LogP contribution in [0.3, 0.4) is 0 Å². The predicted octanol–water partition coefficient (Wildman–Crippen LogP) is 0.331. The Balaban J connectivity index is 2.79. The number of nitrogens with one attached hydrogen (secondary N) is 1. The van der Waals surface area contributed by atoms with Gasteiger partial charge in [-0.15, -0.1) is 0 Å². The second-order valence-corrected chi connectivity index (χ2v) is 7.77. The third-order valence-corrected chi connectivity index (χ3v) is 5.12. The molecule has 2 unspecified atom stereocenters. The summed E-state index contributed by atoms with van der Waals surface area (Å²) in [5.41, 5.74) is -0.274. The molecule has 1 aromatic carbocycles. The highest BCUT2D eigenvalue weighted by molar-refractivity contribution is 7.89. The average Bonchev–Trinajstić information content (AvgIpc) is 2.44. The van der Waals surface area contributed by atoms with E-state index >= 15 is 0 Å². The van der Waals surface area contributed by atoms with E-state index in [1.165, 1.54) is 18.4 Å². The number of aliphatic hydroxyl groups excluding tert-OH is 1. The summed E-state index contributed by atoms with van der Waals surface area (Å²) in [5, 5.41) is 21.8. The highest BCUT2D eigenvalue weighted by atomic mass is 32.2. The quantitative estimate of drug-likeness (QED) is 0.674. The number of benzene rings is 1. The first-order valence-corrected chi connectivity index (χ1v) is 8.13. The van der Waals surface area contributed by atoms with Crippen LogP contribution in [-0.2, 0) is 10.0 Å². The molecular formula is C14H24N2O4S. The Kier molecular flexibility index (Phi) is 5.89. The normalized spacial score (nSPS) is 16.7. The van der Waals surface area contributed by atoms with Gasteiger partial charge in [-0.25, -0.2) is 12.7 Å². The minimum absolute atomic E-state index is 0.0702. The molecule has 120 valence electrons. The van der Waals surface area contributed by atoms with Gasteiger partial charge in [-0.05, 0) is 31.5 Å². The molecule has 0 bridgehead atoms. The zero-order chi connectivity index (χ0) is 16.3. The average molecular weight is 316 g/mol. The van der Waals surface area contributed by atoms with Gasteiger partial charge < -0.3 is 15.5 Å². The summed E-state index contributed by atoms with van der Waals surface area (Å²) in [7, 11) is -0.438. The number of hydrogen-bond acceptors (Lipinski definition) is 5. The second-order valence-electron chi connectivity index (χ2n) is 5.61. The molecule has 0 saturated carbocycles. The van der Waals surface area contributed by atoms with Crippen LogP contribution in [0.2, 0.25) is 0 Å². The van der Waals surface area contributed by atoms with E-state index in [2.05, 4.69) is 5.32 Å². The molecule has 3 N–H and O–H groups in total. The predicted molar refractivity (Wildman–Crippen MR) is 81.4 cm³/mol. The van der Waals surface area contributed by atoms with Crippen molar-refractivity contribution in [2.75, 3.05) is 27.2 Å². The van der Waals surface area contributed by atoms with Crippen molar-refractivity contribution >= 4 is 10.0 Å². The Morgan fingerprint density at radius 3 is 2.24 bits per heavy atom. The van der Waals surface area contributed by atoms with Gasteiger partial charge >= 0.3 is 0 Å². The molecule has 0 spiro atoms. The van der Waals surface area contributed by atoms with E-state index in [4.69, 9.17) is 5.11 Å². The molecule has 0 aliphatic heterocycles. The highest BCUT2D eigenvalue weighted by Gasteiger charge is 2.20. The van der Waals surface area contributed by atoms with Crippen molar-refractivity contribution in [3.05, 3.63) is 29.8 Å². The molecular weight excluding hydrogens is 292 g/mol. The Morgan fingerprint density at radius 1 is 1.29 bits per heavy atom. The fraction of sp³-hybridized carbons (Fsp3) is 0.571. The highest BCUT2D eigenvalue weighted by Crippen LogP contribution is 2.18. The van der Waals surface area contributed by atoms with Crippen LogP contribution in [0, 0.1) is 0 Å². The maximum Gasteiger partial charge on any atom is 0.242 e. The topological polar surface area (TPSA) is 89.9 Å². The van der Waals surface area contributed by atoms with Crippen LogP contribution in [0.4, 0.5) is 0 Å². The van der Waals surface area contributed by atoms with Crippen molar-refractivity contribution in [2.24, 2.45) is 0 Å². The molecule has 7 heteroatoms. The summed E-state index contributed by atoms with van der Waals surface area (Å²) in [6.07, 6.45) is 0. The molecule has 0 heterocycles. The first-order valence-electron chi connectivity index (χ1n) is 6.69. The lowest BCUT2D eigenvalue weighted by Gasteiger charge is -2.24. The molecule has 6 nitrogen and oxygen atoms in total. The standard InChI is InChI=1S/C14H24N2O4S/c1-11(15-9-14(2,18)10-17)12-5-7-13(8-6-12)21(19,20)16(3)4/h5-8,11,15,17-18H,9-10H2,1-4H3. The van der Waals surface area contributed by atoms with Crippen molar-refractivity contribution in [1.82, 2.24) is 9.62 Å². The van der Waals surface area contributed by atoms with E-state index in [9.17, 15) is 13.5 Å². The summed E-state index contributed by atoms with van der Waals surface area (Å²) in [6, 6.07) is 6.53.